The molecule has 17 unspecified atom stereocenters. The summed E-state index contributed by atoms with van der Waals surface area (Å²) in [4.78, 5) is 13.3. The van der Waals surface area contributed by atoms with Gasteiger partial charge in [-0.05, 0) is 57.8 Å². The van der Waals surface area contributed by atoms with Crippen molar-refractivity contribution < 1.29 is 89.4 Å². The highest BCUT2D eigenvalue weighted by molar-refractivity contribution is 5.76. The number of unbranched alkanes of at least 4 members (excludes halogenated alkanes) is 28. The van der Waals surface area contributed by atoms with Gasteiger partial charge in [0.25, 0.3) is 0 Å². The largest absolute Gasteiger partial charge is 0.394 e. The van der Waals surface area contributed by atoms with Gasteiger partial charge in [-0.25, -0.2) is 0 Å². The fourth-order valence-corrected chi connectivity index (χ4v) is 10.8. The van der Waals surface area contributed by atoms with Crippen molar-refractivity contribution in [1.82, 2.24) is 5.32 Å². The van der Waals surface area contributed by atoms with Crippen molar-refractivity contribution in [2.24, 2.45) is 0 Å². The van der Waals surface area contributed by atoms with Gasteiger partial charge in [0.15, 0.2) is 18.9 Å². The molecular formula is C63H115NO18. The van der Waals surface area contributed by atoms with Crippen LogP contribution in [0.1, 0.15) is 226 Å². The number of ether oxygens (including phenoxy) is 6. The topological polar surface area (TPSA) is 307 Å². The average Bonchev–Trinajstić information content (AvgIpc) is 3.21. The molecule has 3 aliphatic heterocycles. The monoisotopic (exact) mass is 1170 g/mol. The first kappa shape index (κ1) is 74.3. The maximum absolute atomic E-state index is 13.3. The average molecular weight is 1170 g/mol. The summed E-state index contributed by atoms with van der Waals surface area (Å²) in [7, 11) is 0. The maximum atomic E-state index is 13.3. The number of allylic oxidation sites excluding steroid dienone is 5. The van der Waals surface area contributed by atoms with Crippen LogP contribution in [0.2, 0.25) is 0 Å². The molecule has 12 N–H and O–H groups in total. The minimum absolute atomic E-state index is 0.226. The molecule has 17 atom stereocenters. The summed E-state index contributed by atoms with van der Waals surface area (Å²) in [6.07, 6.45) is 24.2. The summed E-state index contributed by atoms with van der Waals surface area (Å²) in [5, 5.41) is 120. The van der Waals surface area contributed by atoms with Crippen molar-refractivity contribution in [2.75, 3.05) is 26.4 Å². The molecule has 3 heterocycles. The maximum Gasteiger partial charge on any atom is 0.220 e. The second-order valence-electron chi connectivity index (χ2n) is 23.2. The molecule has 1 amide bonds. The molecule has 19 heteroatoms. The third-order valence-corrected chi connectivity index (χ3v) is 16.2. The number of amides is 1. The number of aliphatic hydroxyl groups excluding tert-OH is 11. The van der Waals surface area contributed by atoms with Gasteiger partial charge in [-0.2, -0.15) is 0 Å². The first-order valence-corrected chi connectivity index (χ1v) is 32.2. The van der Waals surface area contributed by atoms with Crippen LogP contribution in [0, 0.1) is 0 Å². The number of hydrogen-bond acceptors (Lipinski definition) is 18. The Morgan fingerprint density at radius 3 is 1.22 bits per heavy atom. The summed E-state index contributed by atoms with van der Waals surface area (Å²) < 4.78 is 34.3. The van der Waals surface area contributed by atoms with E-state index >= 15 is 0 Å². The van der Waals surface area contributed by atoms with Crippen LogP contribution in [0.4, 0.5) is 0 Å². The molecule has 19 nitrogen and oxygen atoms in total. The van der Waals surface area contributed by atoms with Gasteiger partial charge in [0.2, 0.25) is 5.91 Å². The number of aliphatic hydroxyl groups is 11. The van der Waals surface area contributed by atoms with Gasteiger partial charge in [0, 0.05) is 6.42 Å². The van der Waals surface area contributed by atoms with E-state index in [1.165, 1.54) is 135 Å². The van der Waals surface area contributed by atoms with Gasteiger partial charge in [0.1, 0.15) is 73.2 Å². The Bertz CT molecular complexity index is 1640. The first-order valence-electron chi connectivity index (χ1n) is 32.2. The highest BCUT2D eigenvalue weighted by Gasteiger charge is 2.53. The number of carbonyl (C=O) groups excluding carboxylic acids is 1. The van der Waals surface area contributed by atoms with Crippen molar-refractivity contribution in [3.63, 3.8) is 0 Å². The van der Waals surface area contributed by atoms with E-state index in [-0.39, 0.29) is 18.9 Å². The van der Waals surface area contributed by atoms with Crippen molar-refractivity contribution in [2.45, 2.75) is 330 Å². The predicted molar refractivity (Wildman–Crippen MR) is 314 cm³/mol. The third-order valence-electron chi connectivity index (χ3n) is 16.2. The normalized spacial score (nSPS) is 29.8. The Labute approximate surface area is 491 Å². The van der Waals surface area contributed by atoms with Crippen LogP contribution in [0.3, 0.4) is 0 Å². The molecule has 0 aliphatic carbocycles. The zero-order chi connectivity index (χ0) is 59.7. The molecule has 3 aliphatic rings. The number of carbonyl (C=O) groups is 1. The molecule has 3 rings (SSSR count). The van der Waals surface area contributed by atoms with Crippen molar-refractivity contribution >= 4 is 5.91 Å². The Morgan fingerprint density at radius 2 is 0.780 bits per heavy atom. The Morgan fingerprint density at radius 1 is 0.427 bits per heavy atom. The van der Waals surface area contributed by atoms with Gasteiger partial charge < -0.3 is 89.9 Å². The predicted octanol–water partition coefficient (Wildman–Crippen LogP) is 6.88. The second-order valence-corrected chi connectivity index (χ2v) is 23.2. The number of rotatable bonds is 48. The molecule has 0 spiro atoms. The lowest BCUT2D eigenvalue weighted by molar-refractivity contribution is -0.379. The lowest BCUT2D eigenvalue weighted by Crippen LogP contribution is -2.66. The molecule has 3 saturated heterocycles. The lowest BCUT2D eigenvalue weighted by atomic mass is 9.96. The van der Waals surface area contributed by atoms with E-state index in [9.17, 15) is 61.0 Å². The Hall–Kier alpha value is -1.99. The summed E-state index contributed by atoms with van der Waals surface area (Å²) in [5.74, 6) is -0.294. The lowest BCUT2D eigenvalue weighted by Gasteiger charge is -2.48. The quantitative estimate of drug-likeness (QED) is 0.0218. The van der Waals surface area contributed by atoms with Crippen LogP contribution in [0.25, 0.3) is 0 Å². The molecule has 0 saturated carbocycles. The molecule has 0 bridgehead atoms. The van der Waals surface area contributed by atoms with E-state index in [1.54, 1.807) is 6.08 Å². The fourth-order valence-electron chi connectivity index (χ4n) is 10.8. The minimum Gasteiger partial charge on any atom is -0.394 e. The van der Waals surface area contributed by atoms with Gasteiger partial charge in [-0.1, -0.05) is 198 Å². The molecular weight excluding hydrogens is 1060 g/mol. The highest BCUT2D eigenvalue weighted by atomic mass is 16.8. The van der Waals surface area contributed by atoms with Crippen molar-refractivity contribution in [1.29, 1.82) is 0 Å². The number of nitrogens with one attached hydrogen (secondary N) is 1. The van der Waals surface area contributed by atoms with E-state index in [4.69, 9.17) is 28.4 Å². The molecule has 0 radical (unpaired) electrons. The second kappa shape index (κ2) is 46.2. The van der Waals surface area contributed by atoms with E-state index in [1.807, 2.05) is 6.08 Å². The molecule has 0 aromatic carbocycles. The van der Waals surface area contributed by atoms with Gasteiger partial charge in [-0.3, -0.25) is 4.79 Å². The van der Waals surface area contributed by atoms with E-state index < -0.39 is 124 Å². The van der Waals surface area contributed by atoms with Crippen molar-refractivity contribution in [3.05, 3.63) is 36.5 Å². The van der Waals surface area contributed by atoms with E-state index in [0.29, 0.717) is 12.8 Å². The molecule has 0 aromatic heterocycles. The highest BCUT2D eigenvalue weighted by Crippen LogP contribution is 2.33. The van der Waals surface area contributed by atoms with Crippen molar-refractivity contribution in [3.8, 4) is 0 Å². The number of hydrogen-bond donors (Lipinski definition) is 12. The third kappa shape index (κ3) is 29.1. The SMILES string of the molecule is CCCCCCC/C=C\CCCCCCCC(=O)NC(COC1OC(CO)C(OC2OC(CO)C(OC3OC(CO)C(O)C(O)C3O)C(O)C2O)C(O)C1O)C(O)/C=C/CC/C=C/CCCCCCCCCCCCCCCCCCC. The molecule has 3 fully saturated rings. The fraction of sp³-hybridized carbons (Fsp3) is 0.889. The van der Waals surface area contributed by atoms with E-state index in [2.05, 4.69) is 43.5 Å². The summed E-state index contributed by atoms with van der Waals surface area (Å²) in [6.45, 7) is 1.70. The zero-order valence-electron chi connectivity index (χ0n) is 50.2. The summed E-state index contributed by atoms with van der Waals surface area (Å²) in [6, 6.07) is -0.993. The van der Waals surface area contributed by atoms with Crippen LogP contribution in [-0.4, -0.2) is 193 Å². The first-order chi connectivity index (χ1) is 39.8. The Balaban J connectivity index is 1.48. The molecule has 82 heavy (non-hydrogen) atoms. The van der Waals surface area contributed by atoms with Crippen LogP contribution in [0.5, 0.6) is 0 Å². The molecule has 0 aromatic rings. The molecule has 480 valence electrons. The Kier molecular flexibility index (Phi) is 41.8. The van der Waals surface area contributed by atoms with Gasteiger partial charge >= 0.3 is 0 Å². The zero-order valence-corrected chi connectivity index (χ0v) is 50.2. The van der Waals surface area contributed by atoms with Crippen LogP contribution >= 0.6 is 0 Å². The smallest absolute Gasteiger partial charge is 0.220 e. The van der Waals surface area contributed by atoms with Crippen LogP contribution in [-0.2, 0) is 33.2 Å². The minimum atomic E-state index is -1.98. The summed E-state index contributed by atoms with van der Waals surface area (Å²) in [5.41, 5.74) is 0. The van der Waals surface area contributed by atoms with Crippen LogP contribution in [0.15, 0.2) is 36.5 Å². The standard InChI is InChI=1S/C63H115NO18/c1-3-5-7-9-11-13-15-17-19-20-21-22-23-24-25-26-27-28-30-32-34-36-38-40-47(68)46(64-51(69)41-39-37-35-33-31-29-18-16-14-12-10-8-6-4-2)45-77-61-57(75)54(72)59(49(43-66)79-61)82-63-58(76)55(73)60(50(44-67)80-63)81-62-56(74)53(71)52(70)48(42-65)78-62/h16,18,30,32,38,40,46-50,52-63,65-68,70-76H,3-15,17,19-29,31,33-37,39,41-45H2,1-2H3,(H,64,69)/b18-16-,32-30+,40-38+. The van der Waals surface area contributed by atoms with Gasteiger partial charge in [0.05, 0.1) is 38.6 Å². The van der Waals surface area contributed by atoms with Crippen LogP contribution < -0.4 is 5.32 Å². The summed E-state index contributed by atoms with van der Waals surface area (Å²) >= 11 is 0. The van der Waals surface area contributed by atoms with Gasteiger partial charge in [-0.15, -0.1) is 0 Å². The van der Waals surface area contributed by atoms with E-state index in [0.717, 1.165) is 57.8 Å².